The molecule has 0 radical (unpaired) electrons. The third-order valence-electron chi connectivity index (χ3n) is 6.08. The first-order valence-electron chi connectivity index (χ1n) is 10.8. The van der Waals surface area contributed by atoms with Crippen LogP contribution < -0.4 is 5.32 Å². The number of para-hydroxylation sites is 1. The summed E-state index contributed by atoms with van der Waals surface area (Å²) in [5.41, 5.74) is 5.10. The van der Waals surface area contributed by atoms with Crippen LogP contribution in [0.5, 0.6) is 0 Å². The Labute approximate surface area is 197 Å². The number of benzene rings is 3. The van der Waals surface area contributed by atoms with Gasteiger partial charge in [0.25, 0.3) is 0 Å². The van der Waals surface area contributed by atoms with Gasteiger partial charge in [0.15, 0.2) is 0 Å². The summed E-state index contributed by atoms with van der Waals surface area (Å²) in [6, 6.07) is 24.7. The lowest BCUT2D eigenvalue weighted by Gasteiger charge is -2.31. The second-order valence-corrected chi connectivity index (χ2v) is 9.01. The number of rotatable bonds is 3. The molecular weight excluding hydrogens is 433 g/mol. The summed E-state index contributed by atoms with van der Waals surface area (Å²) in [7, 11) is 0. The van der Waals surface area contributed by atoms with Gasteiger partial charge in [-0.15, -0.1) is 11.8 Å². The first-order valence-corrected chi connectivity index (χ1v) is 12.0. The van der Waals surface area contributed by atoms with E-state index in [0.717, 1.165) is 27.4 Å². The predicted octanol–water partition coefficient (Wildman–Crippen LogP) is 6.78. The minimum Gasteiger partial charge on any atom is -0.318 e. The van der Waals surface area contributed by atoms with E-state index < -0.39 is 0 Å². The summed E-state index contributed by atoms with van der Waals surface area (Å²) < 4.78 is 16.3. The molecule has 3 aromatic carbocycles. The van der Waals surface area contributed by atoms with E-state index in [0.29, 0.717) is 17.8 Å². The van der Waals surface area contributed by atoms with Crippen LogP contribution in [0.1, 0.15) is 28.4 Å². The fraction of sp³-hybridized carbons (Fsp3) is 0.148. The maximum atomic E-state index is 14.1. The highest BCUT2D eigenvalue weighted by molar-refractivity contribution is 7.98. The molecule has 5 rings (SSSR count). The Morgan fingerprint density at radius 1 is 1.03 bits per heavy atom. The molecule has 1 aromatic heterocycles. The van der Waals surface area contributed by atoms with Gasteiger partial charge in [-0.25, -0.2) is 9.18 Å². The van der Waals surface area contributed by atoms with E-state index in [1.54, 1.807) is 30.8 Å². The average molecular weight is 458 g/mol. The quantitative estimate of drug-likeness (QED) is 0.344. The Bertz CT molecular complexity index is 1320. The van der Waals surface area contributed by atoms with Gasteiger partial charge in [0, 0.05) is 22.5 Å². The number of fused-ring (bicyclic) bond motifs is 3. The second kappa shape index (κ2) is 8.79. The summed E-state index contributed by atoms with van der Waals surface area (Å²) in [6.07, 6.45) is 4.08. The van der Waals surface area contributed by atoms with Crippen molar-refractivity contribution in [1.29, 1.82) is 0 Å². The van der Waals surface area contributed by atoms with Crippen molar-refractivity contribution in [2.45, 2.75) is 24.4 Å². The molecule has 4 nitrogen and oxygen atoms in total. The number of nitrogens with zero attached hydrogens (tertiary/aromatic N) is 2. The molecule has 166 valence electrons. The lowest BCUT2D eigenvalue weighted by atomic mass is 10.0. The minimum atomic E-state index is -0.341. The number of hydrogen-bond donors (Lipinski definition) is 1. The Hall–Kier alpha value is -3.51. The van der Waals surface area contributed by atoms with Crippen molar-refractivity contribution in [2.24, 2.45) is 0 Å². The molecule has 1 aliphatic heterocycles. The summed E-state index contributed by atoms with van der Waals surface area (Å²) in [5, 5.41) is 2.92. The van der Waals surface area contributed by atoms with Gasteiger partial charge in [-0.3, -0.25) is 0 Å². The van der Waals surface area contributed by atoms with Crippen molar-refractivity contribution in [2.75, 3.05) is 11.6 Å². The summed E-state index contributed by atoms with van der Waals surface area (Å²) in [4.78, 5) is 16.6. The maximum absolute atomic E-state index is 14.1. The number of amides is 2. The van der Waals surface area contributed by atoms with Gasteiger partial charge in [0.1, 0.15) is 5.82 Å². The number of halogens is 1. The van der Waals surface area contributed by atoms with E-state index in [1.165, 1.54) is 6.07 Å². The monoisotopic (exact) mass is 457 g/mol. The number of thioether (sulfide) groups is 1. The van der Waals surface area contributed by atoms with Crippen molar-refractivity contribution in [1.82, 2.24) is 9.47 Å². The molecule has 0 saturated heterocycles. The fourth-order valence-corrected chi connectivity index (χ4v) is 4.75. The van der Waals surface area contributed by atoms with E-state index in [4.69, 9.17) is 0 Å². The zero-order valence-electron chi connectivity index (χ0n) is 18.5. The van der Waals surface area contributed by atoms with E-state index in [2.05, 4.69) is 46.3 Å². The molecule has 33 heavy (non-hydrogen) atoms. The van der Waals surface area contributed by atoms with Gasteiger partial charge in [-0.05, 0) is 72.3 Å². The van der Waals surface area contributed by atoms with Crippen molar-refractivity contribution in [3.63, 3.8) is 0 Å². The standard InChI is InChI=1S/C27H24FN3OS/c1-18-9-12-21(16-23(18)28)29-27(32)31-17-20-6-3-4-7-24(20)30-15-5-8-25(30)26(31)19-10-13-22(33-2)14-11-19/h3-16,26H,17H2,1-2H3,(H,29,32)/t26-/m0/s1. The van der Waals surface area contributed by atoms with Crippen LogP contribution in [-0.4, -0.2) is 21.8 Å². The minimum absolute atomic E-state index is 0.276. The van der Waals surface area contributed by atoms with E-state index >= 15 is 0 Å². The largest absolute Gasteiger partial charge is 0.322 e. The van der Waals surface area contributed by atoms with Crippen molar-refractivity contribution >= 4 is 23.5 Å². The van der Waals surface area contributed by atoms with Gasteiger partial charge in [-0.2, -0.15) is 0 Å². The summed E-state index contributed by atoms with van der Waals surface area (Å²) in [6.45, 7) is 2.13. The third kappa shape index (κ3) is 4.02. The molecule has 2 amide bonds. The molecule has 4 aromatic rings. The summed E-state index contributed by atoms with van der Waals surface area (Å²) in [5.74, 6) is -0.341. The normalized spacial score (nSPS) is 14.9. The van der Waals surface area contributed by atoms with Gasteiger partial charge in [0.2, 0.25) is 0 Å². The third-order valence-corrected chi connectivity index (χ3v) is 6.82. The molecule has 0 aliphatic carbocycles. The van der Waals surface area contributed by atoms with Crippen molar-refractivity contribution < 1.29 is 9.18 Å². The number of aryl methyl sites for hydroxylation is 1. The highest BCUT2D eigenvalue weighted by Crippen LogP contribution is 2.37. The first-order chi connectivity index (χ1) is 16.0. The van der Waals surface area contributed by atoms with Crippen LogP contribution in [0.15, 0.2) is 90.0 Å². The Kier molecular flexibility index (Phi) is 5.68. The van der Waals surface area contributed by atoms with Crippen LogP contribution in [-0.2, 0) is 6.54 Å². The SMILES string of the molecule is CSc1ccc([C@H]2c3cccn3-c3ccccc3CN2C(=O)Nc2ccc(C)c(F)c2)cc1. The van der Waals surface area contributed by atoms with Crippen molar-refractivity contribution in [3.05, 3.63) is 113 Å². The maximum Gasteiger partial charge on any atom is 0.322 e. The predicted molar refractivity (Wildman–Crippen MR) is 132 cm³/mol. The average Bonchev–Trinajstić information content (AvgIpc) is 3.26. The lowest BCUT2D eigenvalue weighted by Crippen LogP contribution is -2.37. The second-order valence-electron chi connectivity index (χ2n) is 8.13. The Morgan fingerprint density at radius 2 is 1.82 bits per heavy atom. The molecule has 0 spiro atoms. The molecule has 0 unspecified atom stereocenters. The van der Waals surface area contributed by atoms with Crippen LogP contribution in [0, 0.1) is 12.7 Å². The van der Waals surface area contributed by atoms with Gasteiger partial charge >= 0.3 is 6.03 Å². The lowest BCUT2D eigenvalue weighted by molar-refractivity contribution is 0.194. The van der Waals surface area contributed by atoms with Crippen LogP contribution in [0.2, 0.25) is 0 Å². The number of anilines is 1. The highest BCUT2D eigenvalue weighted by Gasteiger charge is 2.33. The van der Waals surface area contributed by atoms with Crippen LogP contribution in [0.4, 0.5) is 14.9 Å². The molecule has 6 heteroatoms. The summed E-state index contributed by atoms with van der Waals surface area (Å²) >= 11 is 1.68. The molecule has 1 atom stereocenters. The number of urea groups is 1. The Balaban J connectivity index is 1.61. The number of carbonyl (C=O) groups excluding carboxylic acids is 1. The fourth-order valence-electron chi connectivity index (χ4n) is 4.34. The molecule has 0 bridgehead atoms. The van der Waals surface area contributed by atoms with Crippen LogP contribution in [0.3, 0.4) is 0 Å². The number of carbonyl (C=O) groups is 1. The molecule has 1 N–H and O–H groups in total. The molecular formula is C27H24FN3OS. The van der Waals surface area contributed by atoms with E-state index in [1.807, 2.05) is 41.6 Å². The molecule has 1 aliphatic rings. The van der Waals surface area contributed by atoms with Gasteiger partial charge in [0.05, 0.1) is 18.3 Å². The number of nitrogens with one attached hydrogen (secondary N) is 1. The zero-order chi connectivity index (χ0) is 22.9. The topological polar surface area (TPSA) is 37.3 Å². The highest BCUT2D eigenvalue weighted by atomic mass is 32.2. The van der Waals surface area contributed by atoms with E-state index in [9.17, 15) is 9.18 Å². The van der Waals surface area contributed by atoms with Crippen LogP contribution >= 0.6 is 11.8 Å². The zero-order valence-corrected chi connectivity index (χ0v) is 19.3. The molecule has 0 saturated carbocycles. The van der Waals surface area contributed by atoms with Gasteiger partial charge in [-0.1, -0.05) is 36.4 Å². The number of hydrogen-bond acceptors (Lipinski definition) is 2. The Morgan fingerprint density at radius 3 is 2.58 bits per heavy atom. The van der Waals surface area contributed by atoms with Gasteiger partial charge < -0.3 is 14.8 Å². The molecule has 0 fully saturated rings. The van der Waals surface area contributed by atoms with E-state index in [-0.39, 0.29) is 17.9 Å². The van der Waals surface area contributed by atoms with Crippen molar-refractivity contribution in [3.8, 4) is 5.69 Å². The smallest absolute Gasteiger partial charge is 0.318 e. The first kappa shape index (κ1) is 21.3. The van der Waals surface area contributed by atoms with Crippen LogP contribution in [0.25, 0.3) is 5.69 Å². The molecule has 2 heterocycles. The number of aromatic nitrogens is 1.